The Morgan fingerprint density at radius 3 is 2.77 bits per heavy atom. The Bertz CT molecular complexity index is 1040. The number of hydrogen-bond acceptors (Lipinski definition) is 4. The molecule has 7 heteroatoms. The number of rotatable bonds is 7. The molecular weight excluding hydrogens is 396 g/mol. The van der Waals surface area contributed by atoms with Crippen LogP contribution in [0.25, 0.3) is 0 Å². The Hall–Kier alpha value is -3.06. The highest BCUT2D eigenvalue weighted by Crippen LogP contribution is 2.28. The minimum atomic E-state index is -0.339. The number of benzene rings is 2. The van der Waals surface area contributed by atoms with Crippen LogP contribution in [-0.4, -0.2) is 34.4 Å². The molecule has 1 atom stereocenters. The van der Waals surface area contributed by atoms with Crippen molar-refractivity contribution in [3.63, 3.8) is 0 Å². The van der Waals surface area contributed by atoms with Crippen molar-refractivity contribution in [1.29, 1.82) is 0 Å². The molecule has 1 fully saturated rings. The number of amides is 2. The number of hydrogen-bond donors (Lipinski definition) is 1. The minimum Gasteiger partial charge on any atom is -0.352 e. The number of thioether (sulfide) groups is 1. The average molecular weight is 421 g/mol. The molecule has 3 aromatic rings. The quantitative estimate of drug-likeness (QED) is 0.596. The SMILES string of the molecule is CSc1cccc(N2CC(C(=O)NCc3ccccc3Cn3cccn3)CC2=O)c1. The fourth-order valence-corrected chi connectivity index (χ4v) is 4.14. The molecule has 4 rings (SSSR count). The van der Waals surface area contributed by atoms with Crippen molar-refractivity contribution in [3.8, 4) is 0 Å². The molecule has 0 bridgehead atoms. The van der Waals surface area contributed by atoms with Crippen molar-refractivity contribution in [2.24, 2.45) is 5.92 Å². The normalized spacial score (nSPS) is 16.1. The van der Waals surface area contributed by atoms with Crippen LogP contribution in [-0.2, 0) is 22.7 Å². The maximum Gasteiger partial charge on any atom is 0.227 e. The van der Waals surface area contributed by atoms with Crippen LogP contribution in [0.1, 0.15) is 17.5 Å². The third-order valence-electron chi connectivity index (χ3n) is 5.32. The van der Waals surface area contributed by atoms with Gasteiger partial charge in [0.15, 0.2) is 0 Å². The summed E-state index contributed by atoms with van der Waals surface area (Å²) in [5.41, 5.74) is 3.02. The molecule has 2 amide bonds. The molecule has 0 radical (unpaired) electrons. The monoisotopic (exact) mass is 420 g/mol. The molecule has 0 saturated carbocycles. The second-order valence-corrected chi connectivity index (χ2v) is 8.18. The standard InChI is InChI=1S/C23H24N4O2S/c1-30-21-9-4-8-20(13-21)27-16-19(12-22(27)28)23(29)24-14-17-6-2-3-7-18(17)15-26-11-5-10-25-26/h2-11,13,19H,12,14-16H2,1H3,(H,24,29). The lowest BCUT2D eigenvalue weighted by Gasteiger charge is -2.17. The Labute approximate surface area is 180 Å². The summed E-state index contributed by atoms with van der Waals surface area (Å²) in [4.78, 5) is 28.1. The van der Waals surface area contributed by atoms with E-state index in [2.05, 4.69) is 10.4 Å². The van der Waals surface area contributed by atoms with Gasteiger partial charge in [-0.1, -0.05) is 30.3 Å². The highest BCUT2D eigenvalue weighted by atomic mass is 32.2. The number of anilines is 1. The molecular formula is C23H24N4O2S. The second-order valence-electron chi connectivity index (χ2n) is 7.30. The van der Waals surface area contributed by atoms with Crippen molar-refractivity contribution in [1.82, 2.24) is 15.1 Å². The summed E-state index contributed by atoms with van der Waals surface area (Å²) in [7, 11) is 0. The van der Waals surface area contributed by atoms with Crippen LogP contribution < -0.4 is 10.2 Å². The summed E-state index contributed by atoms with van der Waals surface area (Å²) in [5.74, 6) is -0.429. The predicted molar refractivity (Wildman–Crippen MR) is 118 cm³/mol. The van der Waals surface area contributed by atoms with Crippen LogP contribution in [0.5, 0.6) is 0 Å². The lowest BCUT2D eigenvalue weighted by atomic mass is 10.1. The van der Waals surface area contributed by atoms with Gasteiger partial charge in [-0.25, -0.2) is 0 Å². The summed E-state index contributed by atoms with van der Waals surface area (Å²) in [6, 6.07) is 17.8. The molecule has 1 aliphatic heterocycles. The smallest absolute Gasteiger partial charge is 0.227 e. The van der Waals surface area contributed by atoms with E-state index in [0.29, 0.717) is 19.6 Å². The van der Waals surface area contributed by atoms with Gasteiger partial charge in [0.2, 0.25) is 11.8 Å². The molecule has 1 aliphatic rings. The molecule has 1 unspecified atom stereocenters. The first-order valence-corrected chi connectivity index (χ1v) is 11.1. The zero-order chi connectivity index (χ0) is 20.9. The van der Waals surface area contributed by atoms with E-state index in [0.717, 1.165) is 21.7 Å². The Kier molecular flexibility index (Phi) is 6.18. The number of aromatic nitrogens is 2. The zero-order valence-corrected chi connectivity index (χ0v) is 17.6. The van der Waals surface area contributed by atoms with Crippen LogP contribution in [0.3, 0.4) is 0 Å². The van der Waals surface area contributed by atoms with Gasteiger partial charge in [0, 0.05) is 42.5 Å². The number of nitrogens with zero attached hydrogens (tertiary/aromatic N) is 3. The van der Waals surface area contributed by atoms with Crippen molar-refractivity contribution in [3.05, 3.63) is 78.1 Å². The number of carbonyl (C=O) groups is 2. The van der Waals surface area contributed by atoms with Gasteiger partial charge < -0.3 is 10.2 Å². The van der Waals surface area contributed by atoms with E-state index in [1.54, 1.807) is 22.9 Å². The van der Waals surface area contributed by atoms with Crippen LogP contribution in [0.4, 0.5) is 5.69 Å². The molecule has 1 aromatic heterocycles. The minimum absolute atomic E-state index is 0.00696. The Morgan fingerprint density at radius 2 is 2.00 bits per heavy atom. The van der Waals surface area contributed by atoms with Crippen LogP contribution in [0.2, 0.25) is 0 Å². The molecule has 154 valence electrons. The molecule has 6 nitrogen and oxygen atoms in total. The fraction of sp³-hybridized carbons (Fsp3) is 0.261. The lowest BCUT2D eigenvalue weighted by molar-refractivity contribution is -0.126. The van der Waals surface area contributed by atoms with Crippen molar-refractivity contribution in [2.45, 2.75) is 24.4 Å². The molecule has 1 N–H and O–H groups in total. The average Bonchev–Trinajstić information content (AvgIpc) is 3.42. The molecule has 1 saturated heterocycles. The first-order valence-electron chi connectivity index (χ1n) is 9.90. The van der Waals surface area contributed by atoms with Crippen molar-refractivity contribution < 1.29 is 9.59 Å². The van der Waals surface area contributed by atoms with Gasteiger partial charge in [0.05, 0.1) is 12.5 Å². The summed E-state index contributed by atoms with van der Waals surface area (Å²) < 4.78 is 1.86. The highest BCUT2D eigenvalue weighted by molar-refractivity contribution is 7.98. The zero-order valence-electron chi connectivity index (χ0n) is 16.8. The number of nitrogens with one attached hydrogen (secondary N) is 1. The summed E-state index contributed by atoms with van der Waals surface area (Å²) in [5, 5.41) is 7.28. The van der Waals surface area contributed by atoms with Crippen molar-refractivity contribution in [2.75, 3.05) is 17.7 Å². The Balaban J connectivity index is 1.39. The maximum atomic E-state index is 12.8. The van der Waals surface area contributed by atoms with E-state index in [1.807, 2.05) is 71.7 Å². The molecule has 2 aromatic carbocycles. The second kappa shape index (κ2) is 9.17. The van der Waals surface area contributed by atoms with Gasteiger partial charge in [-0.05, 0) is 41.6 Å². The molecule has 2 heterocycles. The maximum absolute atomic E-state index is 12.8. The van der Waals surface area contributed by atoms with E-state index in [9.17, 15) is 9.59 Å². The molecule has 30 heavy (non-hydrogen) atoms. The summed E-state index contributed by atoms with van der Waals surface area (Å²) in [6.45, 7) is 1.50. The third-order valence-corrected chi connectivity index (χ3v) is 6.05. The fourth-order valence-electron chi connectivity index (χ4n) is 3.69. The summed E-state index contributed by atoms with van der Waals surface area (Å²) in [6.07, 6.45) is 5.91. The van der Waals surface area contributed by atoms with Gasteiger partial charge in [0.1, 0.15) is 0 Å². The van der Waals surface area contributed by atoms with E-state index in [4.69, 9.17) is 0 Å². The van der Waals surface area contributed by atoms with Gasteiger partial charge in [0.25, 0.3) is 0 Å². The van der Waals surface area contributed by atoms with Crippen molar-refractivity contribution >= 4 is 29.3 Å². The first-order chi connectivity index (χ1) is 14.6. The van der Waals surface area contributed by atoms with Crippen LogP contribution >= 0.6 is 11.8 Å². The first kappa shape index (κ1) is 20.2. The van der Waals surface area contributed by atoms with Crippen LogP contribution in [0, 0.1) is 5.92 Å². The van der Waals surface area contributed by atoms with Gasteiger partial charge in [-0.15, -0.1) is 11.8 Å². The van der Waals surface area contributed by atoms with E-state index in [1.165, 1.54) is 0 Å². The molecule has 0 aliphatic carbocycles. The van der Waals surface area contributed by atoms with Crippen LogP contribution in [0.15, 0.2) is 71.9 Å². The topological polar surface area (TPSA) is 67.2 Å². The van der Waals surface area contributed by atoms with E-state index < -0.39 is 0 Å². The van der Waals surface area contributed by atoms with Gasteiger partial charge >= 0.3 is 0 Å². The predicted octanol–water partition coefficient (Wildman–Crippen LogP) is 3.32. The highest BCUT2D eigenvalue weighted by Gasteiger charge is 2.35. The lowest BCUT2D eigenvalue weighted by Crippen LogP contribution is -2.32. The number of carbonyl (C=O) groups excluding carboxylic acids is 2. The van der Waals surface area contributed by atoms with Gasteiger partial charge in [-0.2, -0.15) is 5.10 Å². The Morgan fingerprint density at radius 1 is 1.17 bits per heavy atom. The molecule has 0 spiro atoms. The van der Waals surface area contributed by atoms with E-state index >= 15 is 0 Å². The van der Waals surface area contributed by atoms with Gasteiger partial charge in [-0.3, -0.25) is 14.3 Å². The third kappa shape index (κ3) is 4.57. The summed E-state index contributed by atoms with van der Waals surface area (Å²) >= 11 is 1.63. The van der Waals surface area contributed by atoms with E-state index in [-0.39, 0.29) is 24.2 Å². The largest absolute Gasteiger partial charge is 0.352 e.